The highest BCUT2D eigenvalue weighted by Crippen LogP contribution is 2.26. The van der Waals surface area contributed by atoms with Crippen molar-refractivity contribution >= 4 is 27.3 Å². The molecule has 8 nitrogen and oxygen atoms in total. The molecular weight excluding hydrogens is 340 g/mol. The molecule has 0 amide bonds. The van der Waals surface area contributed by atoms with Crippen molar-refractivity contribution in [1.82, 2.24) is 24.5 Å². The molecule has 0 saturated heterocycles. The van der Waals surface area contributed by atoms with E-state index in [-0.39, 0.29) is 10.0 Å². The topological polar surface area (TPSA) is 94.7 Å². The van der Waals surface area contributed by atoms with Gasteiger partial charge in [0, 0.05) is 12.7 Å². The van der Waals surface area contributed by atoms with Crippen molar-refractivity contribution in [2.24, 2.45) is 7.05 Å². The lowest BCUT2D eigenvalue weighted by Crippen LogP contribution is -2.14. The van der Waals surface area contributed by atoms with Crippen molar-refractivity contribution in [2.45, 2.75) is 11.8 Å². The van der Waals surface area contributed by atoms with Crippen LogP contribution in [0.25, 0.3) is 5.69 Å². The van der Waals surface area contributed by atoms with Crippen molar-refractivity contribution in [3.05, 3.63) is 47.8 Å². The number of nitrogens with one attached hydrogen (secondary N) is 1. The second-order valence-corrected chi connectivity index (χ2v) is 6.80. The van der Waals surface area contributed by atoms with Crippen LogP contribution in [0.2, 0.25) is 5.15 Å². The van der Waals surface area contributed by atoms with Gasteiger partial charge in [-0.2, -0.15) is 10.2 Å². The van der Waals surface area contributed by atoms with Crippen LogP contribution in [0.1, 0.15) is 5.69 Å². The molecule has 0 unspecified atom stereocenters. The van der Waals surface area contributed by atoms with Gasteiger partial charge in [0.05, 0.1) is 11.4 Å². The molecule has 23 heavy (non-hydrogen) atoms. The summed E-state index contributed by atoms with van der Waals surface area (Å²) in [7, 11) is -2.24. The number of anilines is 1. The molecule has 3 aromatic rings. The van der Waals surface area contributed by atoms with Crippen LogP contribution in [0.4, 0.5) is 5.69 Å². The summed E-state index contributed by atoms with van der Waals surface area (Å²) in [4.78, 5) is 3.83. The molecule has 2 heterocycles. The number of rotatable bonds is 4. The summed E-state index contributed by atoms with van der Waals surface area (Å²) in [5.41, 5.74) is 1.51. The lowest BCUT2D eigenvalue weighted by molar-refractivity contribution is 0.600. The first-order valence-corrected chi connectivity index (χ1v) is 8.41. The molecule has 0 aliphatic carbocycles. The quantitative estimate of drug-likeness (QED) is 0.772. The Morgan fingerprint density at radius 3 is 2.43 bits per heavy atom. The van der Waals surface area contributed by atoms with Crippen LogP contribution in [-0.4, -0.2) is 33.0 Å². The van der Waals surface area contributed by atoms with Gasteiger partial charge in [0.25, 0.3) is 10.0 Å². The fourth-order valence-corrected chi connectivity index (χ4v) is 3.96. The van der Waals surface area contributed by atoms with Crippen LogP contribution < -0.4 is 4.72 Å². The Labute approximate surface area is 137 Å². The number of hydrogen-bond donors (Lipinski definition) is 1. The Morgan fingerprint density at radius 1 is 1.22 bits per heavy atom. The lowest BCUT2D eigenvalue weighted by Gasteiger charge is -2.08. The van der Waals surface area contributed by atoms with E-state index >= 15 is 0 Å². The summed E-state index contributed by atoms with van der Waals surface area (Å²) in [6.07, 6.45) is 2.97. The molecule has 3 rings (SSSR count). The van der Waals surface area contributed by atoms with Crippen molar-refractivity contribution in [2.75, 3.05) is 4.72 Å². The first kappa shape index (κ1) is 15.5. The maximum atomic E-state index is 12.5. The van der Waals surface area contributed by atoms with Crippen LogP contribution in [-0.2, 0) is 17.1 Å². The molecule has 0 aliphatic rings. The second kappa shape index (κ2) is 5.67. The van der Waals surface area contributed by atoms with Crippen LogP contribution in [0, 0.1) is 6.92 Å². The second-order valence-electron chi connectivity index (χ2n) is 4.82. The van der Waals surface area contributed by atoms with E-state index in [2.05, 4.69) is 19.9 Å². The molecule has 0 radical (unpaired) electrons. The fraction of sp³-hybridized carbons (Fsp3) is 0.154. The zero-order chi connectivity index (χ0) is 16.6. The third-order valence-corrected chi connectivity index (χ3v) is 5.25. The molecule has 10 heteroatoms. The normalized spacial score (nSPS) is 11.6. The van der Waals surface area contributed by atoms with Crippen molar-refractivity contribution in [1.29, 1.82) is 0 Å². The van der Waals surface area contributed by atoms with E-state index in [4.69, 9.17) is 11.6 Å². The van der Waals surface area contributed by atoms with E-state index in [0.29, 0.717) is 11.4 Å². The predicted octanol–water partition coefficient (Wildman–Crippen LogP) is 1.76. The van der Waals surface area contributed by atoms with E-state index in [1.165, 1.54) is 11.0 Å². The molecule has 0 atom stereocenters. The van der Waals surface area contributed by atoms with Gasteiger partial charge in [0.15, 0.2) is 0 Å². The standard InChI is InChI=1S/C13H13ClN6O2S/c1-9-12(13(14)19(2)17-9)23(21,22)18-10-3-5-11(6-4-10)20-8-15-7-16-20/h3-8,18H,1-2H3. The molecular formula is C13H13ClN6O2S. The maximum Gasteiger partial charge on any atom is 0.266 e. The summed E-state index contributed by atoms with van der Waals surface area (Å²) >= 11 is 6.02. The minimum Gasteiger partial charge on any atom is -0.279 e. The SMILES string of the molecule is Cc1nn(C)c(Cl)c1S(=O)(=O)Nc1ccc(-n2cncn2)cc1. The molecule has 0 bridgehead atoms. The average Bonchev–Trinajstić information content (AvgIpc) is 3.09. The summed E-state index contributed by atoms with van der Waals surface area (Å²) in [5.74, 6) is 0. The highest BCUT2D eigenvalue weighted by Gasteiger charge is 2.25. The van der Waals surface area contributed by atoms with Gasteiger partial charge < -0.3 is 0 Å². The number of aryl methyl sites for hydroxylation is 2. The molecule has 0 spiro atoms. The first-order chi connectivity index (χ1) is 10.9. The number of nitrogens with zero attached hydrogens (tertiary/aromatic N) is 5. The highest BCUT2D eigenvalue weighted by molar-refractivity contribution is 7.92. The van der Waals surface area contributed by atoms with Gasteiger partial charge in [-0.25, -0.2) is 18.1 Å². The minimum atomic E-state index is -3.82. The van der Waals surface area contributed by atoms with Gasteiger partial charge in [-0.1, -0.05) is 11.6 Å². The number of benzene rings is 1. The molecule has 120 valence electrons. The average molecular weight is 353 g/mol. The van der Waals surface area contributed by atoms with Gasteiger partial charge in [-0.3, -0.25) is 9.40 Å². The smallest absolute Gasteiger partial charge is 0.266 e. The lowest BCUT2D eigenvalue weighted by atomic mass is 10.3. The summed E-state index contributed by atoms with van der Waals surface area (Å²) < 4.78 is 30.4. The zero-order valence-electron chi connectivity index (χ0n) is 12.3. The van der Waals surface area contributed by atoms with Crippen molar-refractivity contribution in [3.63, 3.8) is 0 Å². The Hall–Kier alpha value is -2.39. The zero-order valence-corrected chi connectivity index (χ0v) is 13.9. The first-order valence-electron chi connectivity index (χ1n) is 6.55. The minimum absolute atomic E-state index is 0.0259. The number of halogens is 1. The third kappa shape index (κ3) is 2.92. The number of sulfonamides is 1. The third-order valence-electron chi connectivity index (χ3n) is 3.17. The predicted molar refractivity (Wildman–Crippen MR) is 85.1 cm³/mol. The summed E-state index contributed by atoms with van der Waals surface area (Å²) in [5, 5.41) is 8.08. The van der Waals surface area contributed by atoms with Crippen molar-refractivity contribution in [3.8, 4) is 5.69 Å². The monoisotopic (exact) mass is 352 g/mol. The van der Waals surface area contributed by atoms with Crippen LogP contribution >= 0.6 is 11.6 Å². The van der Waals surface area contributed by atoms with Gasteiger partial charge >= 0.3 is 0 Å². The van der Waals surface area contributed by atoms with Crippen LogP contribution in [0.5, 0.6) is 0 Å². The van der Waals surface area contributed by atoms with Crippen LogP contribution in [0.15, 0.2) is 41.8 Å². The van der Waals surface area contributed by atoms with Crippen molar-refractivity contribution < 1.29 is 8.42 Å². The van der Waals surface area contributed by atoms with E-state index in [0.717, 1.165) is 5.69 Å². The summed E-state index contributed by atoms with van der Waals surface area (Å²) in [6, 6.07) is 6.72. The van der Waals surface area contributed by atoms with Gasteiger partial charge in [0.1, 0.15) is 22.7 Å². The van der Waals surface area contributed by atoms with Crippen LogP contribution in [0.3, 0.4) is 0 Å². The number of hydrogen-bond acceptors (Lipinski definition) is 5. The van der Waals surface area contributed by atoms with E-state index in [1.807, 2.05) is 0 Å². The molecule has 1 N–H and O–H groups in total. The Bertz CT molecular complexity index is 932. The Balaban J connectivity index is 1.89. The fourth-order valence-electron chi connectivity index (χ4n) is 2.15. The Kier molecular flexibility index (Phi) is 3.82. The van der Waals surface area contributed by atoms with Gasteiger partial charge in [0.2, 0.25) is 0 Å². The molecule has 0 saturated carbocycles. The Morgan fingerprint density at radius 2 is 1.91 bits per heavy atom. The molecule has 0 fully saturated rings. The molecule has 0 aliphatic heterocycles. The maximum absolute atomic E-state index is 12.5. The van der Waals surface area contributed by atoms with Gasteiger partial charge in [-0.15, -0.1) is 0 Å². The van der Waals surface area contributed by atoms with E-state index < -0.39 is 10.0 Å². The number of aromatic nitrogens is 5. The summed E-state index contributed by atoms with van der Waals surface area (Å²) in [6.45, 7) is 1.59. The molecule has 1 aromatic carbocycles. The largest absolute Gasteiger partial charge is 0.279 e. The van der Waals surface area contributed by atoms with E-state index in [9.17, 15) is 8.42 Å². The highest BCUT2D eigenvalue weighted by atomic mass is 35.5. The van der Waals surface area contributed by atoms with Gasteiger partial charge in [-0.05, 0) is 31.2 Å². The van der Waals surface area contributed by atoms with E-state index in [1.54, 1.807) is 49.2 Å². The molecule has 2 aromatic heterocycles.